The van der Waals surface area contributed by atoms with E-state index in [-0.39, 0.29) is 24.0 Å². The number of aryl methyl sites for hydroxylation is 1. The first-order valence-electron chi connectivity index (χ1n) is 8.61. The summed E-state index contributed by atoms with van der Waals surface area (Å²) in [5.41, 5.74) is 8.38. The summed E-state index contributed by atoms with van der Waals surface area (Å²) >= 11 is 3.49. The molecule has 27 heavy (non-hydrogen) atoms. The third kappa shape index (κ3) is 8.38. The number of benzene rings is 2. The Hall–Kier alpha value is -1.48. The van der Waals surface area contributed by atoms with Crippen LogP contribution in [-0.4, -0.2) is 33.3 Å². The van der Waals surface area contributed by atoms with E-state index >= 15 is 0 Å². The minimum Gasteiger partial charge on any atom is -0.493 e. The Balaban J connectivity index is 0.00000364. The fraction of sp³-hybridized carbons (Fsp3) is 0.350. The number of aliphatic imine (C=N–C) groups is 1. The van der Waals surface area contributed by atoms with Gasteiger partial charge >= 0.3 is 0 Å². The van der Waals surface area contributed by atoms with E-state index in [0.717, 1.165) is 47.3 Å². The quantitative estimate of drug-likeness (QED) is 0.214. The largest absolute Gasteiger partial charge is 0.493 e. The highest BCUT2D eigenvalue weighted by atomic mass is 127. The molecule has 5 nitrogen and oxygen atoms in total. The van der Waals surface area contributed by atoms with Crippen LogP contribution in [0.25, 0.3) is 0 Å². The van der Waals surface area contributed by atoms with Gasteiger partial charge in [0.2, 0.25) is 0 Å². The molecule has 0 saturated heterocycles. The molecule has 0 aromatic heterocycles. The minimum absolute atomic E-state index is 0. The molecule has 0 radical (unpaired) electrons. The maximum Gasteiger partial charge on any atom is 0.188 e. The SMILES string of the molecule is COc1ccc(CCNC(N)=NCCCc2cccc(Br)c2)cc1OC.I. The Bertz CT molecular complexity index is 741. The Morgan fingerprint density at radius 2 is 1.78 bits per heavy atom. The molecule has 0 unspecified atom stereocenters. The Kier molecular flexibility index (Phi) is 11.2. The van der Waals surface area contributed by atoms with Gasteiger partial charge in [-0.15, -0.1) is 24.0 Å². The van der Waals surface area contributed by atoms with Crippen LogP contribution in [0.15, 0.2) is 51.9 Å². The summed E-state index contributed by atoms with van der Waals surface area (Å²) in [6.45, 7) is 1.43. The maximum atomic E-state index is 5.93. The number of ether oxygens (including phenoxy) is 2. The molecule has 2 rings (SSSR count). The molecule has 0 fully saturated rings. The molecule has 0 amide bonds. The van der Waals surface area contributed by atoms with E-state index < -0.39 is 0 Å². The summed E-state index contributed by atoms with van der Waals surface area (Å²) in [4.78, 5) is 4.38. The molecule has 0 aliphatic carbocycles. The molecule has 2 aromatic carbocycles. The van der Waals surface area contributed by atoms with Gasteiger partial charge in [-0.3, -0.25) is 4.99 Å². The number of methoxy groups -OCH3 is 2. The standard InChI is InChI=1S/C20H26BrN3O2.HI/c1-25-18-9-8-16(14-19(18)26-2)10-12-24-20(22)23-11-4-6-15-5-3-7-17(21)13-15;/h3,5,7-9,13-14H,4,6,10-12H2,1-2H3,(H3,22,23,24);1H. The lowest BCUT2D eigenvalue weighted by molar-refractivity contribution is 0.354. The van der Waals surface area contributed by atoms with Gasteiger partial charge in [-0.1, -0.05) is 34.1 Å². The number of rotatable bonds is 9. The average Bonchev–Trinajstić information content (AvgIpc) is 2.65. The second kappa shape index (κ2) is 12.8. The summed E-state index contributed by atoms with van der Waals surface area (Å²) in [6.07, 6.45) is 2.78. The minimum atomic E-state index is 0. The molecular formula is C20H27BrIN3O2. The van der Waals surface area contributed by atoms with Gasteiger partial charge in [-0.05, 0) is 54.7 Å². The van der Waals surface area contributed by atoms with Crippen molar-refractivity contribution in [2.45, 2.75) is 19.3 Å². The molecule has 7 heteroatoms. The molecule has 0 atom stereocenters. The van der Waals surface area contributed by atoms with Gasteiger partial charge in [0, 0.05) is 17.6 Å². The normalized spacial score (nSPS) is 10.9. The van der Waals surface area contributed by atoms with Crippen molar-refractivity contribution in [2.24, 2.45) is 10.7 Å². The monoisotopic (exact) mass is 547 g/mol. The molecule has 0 spiro atoms. The Morgan fingerprint density at radius 3 is 2.48 bits per heavy atom. The van der Waals surface area contributed by atoms with Crippen molar-refractivity contribution in [3.05, 3.63) is 58.1 Å². The van der Waals surface area contributed by atoms with Crippen molar-refractivity contribution in [3.8, 4) is 11.5 Å². The Labute approximate surface area is 186 Å². The first-order chi connectivity index (χ1) is 12.6. The molecule has 148 valence electrons. The van der Waals surface area contributed by atoms with E-state index in [2.05, 4.69) is 38.4 Å². The van der Waals surface area contributed by atoms with Crippen LogP contribution in [0.4, 0.5) is 0 Å². The topological polar surface area (TPSA) is 68.9 Å². The smallest absolute Gasteiger partial charge is 0.188 e. The summed E-state index contributed by atoms with van der Waals surface area (Å²) in [5.74, 6) is 1.95. The molecule has 3 N–H and O–H groups in total. The number of nitrogens with one attached hydrogen (secondary N) is 1. The van der Waals surface area contributed by atoms with Gasteiger partial charge in [-0.2, -0.15) is 0 Å². The van der Waals surface area contributed by atoms with Gasteiger partial charge in [-0.25, -0.2) is 0 Å². The zero-order valence-corrected chi connectivity index (χ0v) is 19.6. The molecular weight excluding hydrogens is 521 g/mol. The second-order valence-electron chi connectivity index (χ2n) is 5.87. The van der Waals surface area contributed by atoms with Crippen LogP contribution in [0, 0.1) is 0 Å². The molecule has 0 aliphatic rings. The fourth-order valence-electron chi connectivity index (χ4n) is 2.60. The van der Waals surface area contributed by atoms with Crippen LogP contribution in [0.3, 0.4) is 0 Å². The lowest BCUT2D eigenvalue weighted by Crippen LogP contribution is -2.33. The van der Waals surface area contributed by atoms with Crippen LogP contribution in [0.1, 0.15) is 17.5 Å². The van der Waals surface area contributed by atoms with Crippen molar-refractivity contribution in [3.63, 3.8) is 0 Å². The number of nitrogens with two attached hydrogens (primary N) is 1. The zero-order chi connectivity index (χ0) is 18.8. The molecule has 2 aromatic rings. The second-order valence-corrected chi connectivity index (χ2v) is 6.78. The van der Waals surface area contributed by atoms with Crippen molar-refractivity contribution in [1.82, 2.24) is 5.32 Å². The van der Waals surface area contributed by atoms with Gasteiger partial charge in [0.25, 0.3) is 0 Å². The van der Waals surface area contributed by atoms with E-state index in [0.29, 0.717) is 12.5 Å². The van der Waals surface area contributed by atoms with Crippen molar-refractivity contribution in [2.75, 3.05) is 27.3 Å². The van der Waals surface area contributed by atoms with Gasteiger partial charge < -0.3 is 20.5 Å². The van der Waals surface area contributed by atoms with E-state index in [1.54, 1.807) is 14.2 Å². The fourth-order valence-corrected chi connectivity index (χ4v) is 3.05. The first kappa shape index (κ1) is 23.6. The van der Waals surface area contributed by atoms with E-state index in [1.165, 1.54) is 5.56 Å². The Morgan fingerprint density at radius 1 is 1.04 bits per heavy atom. The zero-order valence-electron chi connectivity index (χ0n) is 15.7. The summed E-state index contributed by atoms with van der Waals surface area (Å²) in [6, 6.07) is 14.2. The van der Waals surface area contributed by atoms with E-state index in [4.69, 9.17) is 15.2 Å². The third-order valence-electron chi connectivity index (χ3n) is 3.96. The first-order valence-corrected chi connectivity index (χ1v) is 9.41. The van der Waals surface area contributed by atoms with E-state index in [1.807, 2.05) is 30.3 Å². The highest BCUT2D eigenvalue weighted by molar-refractivity contribution is 14.0. The van der Waals surface area contributed by atoms with Crippen LogP contribution in [0.2, 0.25) is 0 Å². The average molecular weight is 548 g/mol. The predicted molar refractivity (Wildman–Crippen MR) is 126 cm³/mol. The number of nitrogens with zero attached hydrogens (tertiary/aromatic N) is 1. The van der Waals surface area contributed by atoms with E-state index in [9.17, 15) is 0 Å². The highest BCUT2D eigenvalue weighted by Gasteiger charge is 2.04. The van der Waals surface area contributed by atoms with Crippen LogP contribution >= 0.6 is 39.9 Å². The summed E-state index contributed by atoms with van der Waals surface area (Å²) < 4.78 is 11.7. The number of hydrogen-bond donors (Lipinski definition) is 2. The number of halogens is 2. The van der Waals surface area contributed by atoms with Gasteiger partial charge in [0.15, 0.2) is 17.5 Å². The van der Waals surface area contributed by atoms with Crippen LogP contribution < -0.4 is 20.5 Å². The third-order valence-corrected chi connectivity index (χ3v) is 4.46. The molecule has 0 saturated carbocycles. The summed E-state index contributed by atoms with van der Waals surface area (Å²) in [5, 5.41) is 3.15. The van der Waals surface area contributed by atoms with Crippen LogP contribution in [-0.2, 0) is 12.8 Å². The number of hydrogen-bond acceptors (Lipinski definition) is 3. The van der Waals surface area contributed by atoms with Crippen molar-refractivity contribution < 1.29 is 9.47 Å². The van der Waals surface area contributed by atoms with Crippen molar-refractivity contribution in [1.29, 1.82) is 0 Å². The van der Waals surface area contributed by atoms with Crippen LogP contribution in [0.5, 0.6) is 11.5 Å². The van der Waals surface area contributed by atoms with Crippen molar-refractivity contribution >= 4 is 45.9 Å². The predicted octanol–water partition coefficient (Wildman–Crippen LogP) is 4.16. The molecule has 0 heterocycles. The van der Waals surface area contributed by atoms with Gasteiger partial charge in [0.1, 0.15) is 0 Å². The molecule has 0 bridgehead atoms. The number of guanidine groups is 1. The molecule has 0 aliphatic heterocycles. The van der Waals surface area contributed by atoms with Gasteiger partial charge in [0.05, 0.1) is 14.2 Å². The highest BCUT2D eigenvalue weighted by Crippen LogP contribution is 2.27. The lowest BCUT2D eigenvalue weighted by atomic mass is 10.1. The maximum absolute atomic E-state index is 5.93. The lowest BCUT2D eigenvalue weighted by Gasteiger charge is -2.10. The summed E-state index contributed by atoms with van der Waals surface area (Å²) in [7, 11) is 3.27.